The standard InChI is InChI=1S/C11H26N2O/c1-5-9(6-2)13(4)11(8-14)10(12)7-3/h9-11,14H,5-8,12H2,1-4H3. The molecule has 14 heavy (non-hydrogen) atoms. The highest BCUT2D eigenvalue weighted by molar-refractivity contribution is 4.82. The van der Waals surface area contributed by atoms with E-state index in [1.165, 1.54) is 0 Å². The smallest absolute Gasteiger partial charge is 0.0601 e. The van der Waals surface area contributed by atoms with Crippen LogP contribution < -0.4 is 5.73 Å². The van der Waals surface area contributed by atoms with Crippen molar-refractivity contribution in [3.05, 3.63) is 0 Å². The molecular weight excluding hydrogens is 176 g/mol. The third-order valence-electron chi connectivity index (χ3n) is 3.19. The number of hydrogen-bond donors (Lipinski definition) is 2. The molecule has 0 radical (unpaired) electrons. The number of rotatable bonds is 7. The van der Waals surface area contributed by atoms with Crippen LogP contribution in [0.3, 0.4) is 0 Å². The lowest BCUT2D eigenvalue weighted by molar-refractivity contribution is 0.0858. The van der Waals surface area contributed by atoms with Gasteiger partial charge in [0.05, 0.1) is 6.61 Å². The Morgan fingerprint density at radius 2 is 1.64 bits per heavy atom. The van der Waals surface area contributed by atoms with Crippen molar-refractivity contribution >= 4 is 0 Å². The largest absolute Gasteiger partial charge is 0.395 e. The SMILES string of the molecule is CCC(N)C(CO)N(C)C(CC)CC. The first-order chi connectivity index (χ1) is 6.62. The Morgan fingerprint density at radius 1 is 1.14 bits per heavy atom. The summed E-state index contributed by atoms with van der Waals surface area (Å²) < 4.78 is 0. The summed E-state index contributed by atoms with van der Waals surface area (Å²) in [7, 11) is 2.06. The molecule has 3 N–H and O–H groups in total. The molecule has 0 aliphatic heterocycles. The van der Waals surface area contributed by atoms with Gasteiger partial charge in [0, 0.05) is 18.1 Å². The third-order valence-corrected chi connectivity index (χ3v) is 3.19. The van der Waals surface area contributed by atoms with E-state index >= 15 is 0 Å². The van der Waals surface area contributed by atoms with Gasteiger partial charge < -0.3 is 10.8 Å². The van der Waals surface area contributed by atoms with E-state index in [4.69, 9.17) is 5.73 Å². The molecule has 0 saturated heterocycles. The third kappa shape index (κ3) is 3.56. The highest BCUT2D eigenvalue weighted by Crippen LogP contribution is 2.13. The van der Waals surface area contributed by atoms with Crippen molar-refractivity contribution in [2.75, 3.05) is 13.7 Å². The second-order valence-corrected chi connectivity index (χ2v) is 3.96. The number of aliphatic hydroxyl groups is 1. The number of aliphatic hydroxyl groups excluding tert-OH is 1. The number of nitrogens with zero attached hydrogens (tertiary/aromatic N) is 1. The van der Waals surface area contributed by atoms with Crippen molar-refractivity contribution in [1.29, 1.82) is 0 Å². The van der Waals surface area contributed by atoms with Crippen molar-refractivity contribution in [3.63, 3.8) is 0 Å². The van der Waals surface area contributed by atoms with Crippen LogP contribution in [0.15, 0.2) is 0 Å². The average Bonchev–Trinajstić information content (AvgIpc) is 2.20. The molecule has 0 saturated carbocycles. The summed E-state index contributed by atoms with van der Waals surface area (Å²) in [5.41, 5.74) is 5.97. The molecule has 3 nitrogen and oxygen atoms in total. The lowest BCUT2D eigenvalue weighted by atomic mass is 10.0. The topological polar surface area (TPSA) is 49.5 Å². The van der Waals surface area contributed by atoms with Gasteiger partial charge in [-0.2, -0.15) is 0 Å². The van der Waals surface area contributed by atoms with E-state index in [0.29, 0.717) is 6.04 Å². The lowest BCUT2D eigenvalue weighted by Gasteiger charge is -2.36. The first-order valence-electron chi connectivity index (χ1n) is 5.70. The summed E-state index contributed by atoms with van der Waals surface area (Å²) in [6.07, 6.45) is 3.13. The monoisotopic (exact) mass is 202 g/mol. The fourth-order valence-electron chi connectivity index (χ4n) is 1.97. The minimum atomic E-state index is 0.0746. The van der Waals surface area contributed by atoms with Crippen molar-refractivity contribution < 1.29 is 5.11 Å². The molecule has 0 amide bonds. The van der Waals surface area contributed by atoms with Gasteiger partial charge in [0.25, 0.3) is 0 Å². The first-order valence-corrected chi connectivity index (χ1v) is 5.70. The molecule has 0 bridgehead atoms. The Morgan fingerprint density at radius 3 is 1.93 bits per heavy atom. The molecule has 0 rings (SSSR count). The van der Waals surface area contributed by atoms with E-state index in [1.54, 1.807) is 0 Å². The molecule has 0 aromatic heterocycles. The van der Waals surface area contributed by atoms with Gasteiger partial charge in [-0.05, 0) is 26.3 Å². The molecule has 0 aliphatic carbocycles. The van der Waals surface area contributed by atoms with Gasteiger partial charge >= 0.3 is 0 Å². The number of likely N-dealkylation sites (N-methyl/N-ethyl adjacent to an activating group) is 1. The van der Waals surface area contributed by atoms with Crippen LogP contribution in [0.2, 0.25) is 0 Å². The molecule has 3 heteroatoms. The summed E-state index contributed by atoms with van der Waals surface area (Å²) in [6.45, 7) is 6.57. The van der Waals surface area contributed by atoms with Crippen LogP contribution in [0.25, 0.3) is 0 Å². The molecule has 0 heterocycles. The average molecular weight is 202 g/mol. The van der Waals surface area contributed by atoms with E-state index in [-0.39, 0.29) is 18.7 Å². The number of nitrogens with two attached hydrogens (primary N) is 1. The zero-order valence-corrected chi connectivity index (χ0v) is 10.0. The van der Waals surface area contributed by atoms with E-state index in [2.05, 4.69) is 32.7 Å². The van der Waals surface area contributed by atoms with Crippen LogP contribution in [0.1, 0.15) is 40.0 Å². The molecule has 2 unspecified atom stereocenters. The molecule has 0 aromatic carbocycles. The Kier molecular flexibility index (Phi) is 7.15. The van der Waals surface area contributed by atoms with Gasteiger partial charge in [-0.1, -0.05) is 20.8 Å². The zero-order valence-electron chi connectivity index (χ0n) is 10.0. The van der Waals surface area contributed by atoms with Crippen LogP contribution in [0.4, 0.5) is 0 Å². The van der Waals surface area contributed by atoms with Crippen molar-refractivity contribution in [1.82, 2.24) is 4.90 Å². The molecule has 0 aliphatic rings. The molecule has 86 valence electrons. The van der Waals surface area contributed by atoms with Crippen LogP contribution >= 0.6 is 0 Å². The van der Waals surface area contributed by atoms with Crippen LogP contribution in [0, 0.1) is 0 Å². The lowest BCUT2D eigenvalue weighted by Crippen LogP contribution is -2.51. The summed E-state index contributed by atoms with van der Waals surface area (Å²) in [4.78, 5) is 2.23. The minimum absolute atomic E-state index is 0.0746. The van der Waals surface area contributed by atoms with Crippen molar-refractivity contribution in [2.24, 2.45) is 5.73 Å². The second kappa shape index (κ2) is 7.21. The van der Waals surface area contributed by atoms with Gasteiger partial charge in [0.2, 0.25) is 0 Å². The maximum atomic E-state index is 9.32. The second-order valence-electron chi connectivity index (χ2n) is 3.96. The van der Waals surface area contributed by atoms with Crippen molar-refractivity contribution in [3.8, 4) is 0 Å². The maximum absolute atomic E-state index is 9.32. The summed E-state index contributed by atoms with van der Waals surface area (Å²) in [5, 5.41) is 9.32. The van der Waals surface area contributed by atoms with E-state index in [1.807, 2.05) is 0 Å². The van der Waals surface area contributed by atoms with Gasteiger partial charge in [-0.15, -0.1) is 0 Å². The fraction of sp³-hybridized carbons (Fsp3) is 1.00. The van der Waals surface area contributed by atoms with Gasteiger partial charge in [-0.25, -0.2) is 0 Å². The van der Waals surface area contributed by atoms with Crippen LogP contribution in [0.5, 0.6) is 0 Å². The minimum Gasteiger partial charge on any atom is -0.395 e. The van der Waals surface area contributed by atoms with E-state index in [9.17, 15) is 5.11 Å². The molecule has 2 atom stereocenters. The molecule has 0 aromatic rings. The van der Waals surface area contributed by atoms with Gasteiger partial charge in [0.15, 0.2) is 0 Å². The Bertz CT molecular complexity index is 137. The first kappa shape index (κ1) is 13.9. The van der Waals surface area contributed by atoms with Gasteiger partial charge in [0.1, 0.15) is 0 Å². The van der Waals surface area contributed by atoms with Gasteiger partial charge in [-0.3, -0.25) is 4.90 Å². The zero-order chi connectivity index (χ0) is 11.1. The fourth-order valence-corrected chi connectivity index (χ4v) is 1.97. The van der Waals surface area contributed by atoms with Crippen LogP contribution in [-0.4, -0.2) is 41.8 Å². The van der Waals surface area contributed by atoms with E-state index < -0.39 is 0 Å². The summed E-state index contributed by atoms with van der Waals surface area (Å²) in [6, 6.07) is 0.709. The quantitative estimate of drug-likeness (QED) is 0.652. The highest BCUT2D eigenvalue weighted by atomic mass is 16.3. The molecule has 0 fully saturated rings. The maximum Gasteiger partial charge on any atom is 0.0601 e. The summed E-state index contributed by atoms with van der Waals surface area (Å²) >= 11 is 0. The van der Waals surface area contributed by atoms with Crippen molar-refractivity contribution in [2.45, 2.75) is 58.2 Å². The van der Waals surface area contributed by atoms with Crippen LogP contribution in [-0.2, 0) is 0 Å². The Hall–Kier alpha value is -0.120. The Labute approximate surface area is 88.3 Å². The predicted molar refractivity (Wildman–Crippen MR) is 61.3 cm³/mol. The number of hydrogen-bond acceptors (Lipinski definition) is 3. The normalized spacial score (nSPS) is 16.3. The highest BCUT2D eigenvalue weighted by Gasteiger charge is 2.24. The summed E-state index contributed by atoms with van der Waals surface area (Å²) in [5.74, 6) is 0. The molecule has 0 spiro atoms. The van der Waals surface area contributed by atoms with E-state index in [0.717, 1.165) is 19.3 Å². The molecular formula is C11H26N2O. The predicted octanol–water partition coefficient (Wildman–Crippen LogP) is 1.20. The Balaban J connectivity index is 4.34.